The van der Waals surface area contributed by atoms with E-state index in [4.69, 9.17) is 9.84 Å². The van der Waals surface area contributed by atoms with E-state index in [-0.39, 0.29) is 12.1 Å². The monoisotopic (exact) mass is 229 g/mol. The second-order valence-electron chi connectivity index (χ2n) is 4.57. The van der Waals surface area contributed by atoms with Crippen LogP contribution in [-0.4, -0.2) is 48.3 Å². The number of nitrogens with zero attached hydrogens (tertiary/aromatic N) is 1. The Morgan fingerprint density at radius 3 is 2.81 bits per heavy atom. The summed E-state index contributed by atoms with van der Waals surface area (Å²) in [6.07, 6.45) is 5.22. The van der Waals surface area contributed by atoms with Crippen LogP contribution >= 0.6 is 0 Å². The molecule has 0 bridgehead atoms. The molecule has 0 spiro atoms. The number of carboxylic acids is 1. The molecule has 1 heterocycles. The van der Waals surface area contributed by atoms with Crippen LogP contribution in [0.5, 0.6) is 0 Å². The van der Waals surface area contributed by atoms with E-state index in [0.29, 0.717) is 6.42 Å². The number of hydrogen-bond donors (Lipinski definition) is 1. The van der Waals surface area contributed by atoms with Gasteiger partial charge < -0.3 is 9.84 Å². The van der Waals surface area contributed by atoms with Crippen molar-refractivity contribution in [3.8, 4) is 0 Å². The van der Waals surface area contributed by atoms with Gasteiger partial charge in [0.25, 0.3) is 0 Å². The van der Waals surface area contributed by atoms with Crippen LogP contribution in [0.3, 0.4) is 0 Å². The fraction of sp³-hybridized carbons (Fsp3) is 0.917. The molecule has 4 heteroatoms. The van der Waals surface area contributed by atoms with E-state index in [1.165, 1.54) is 6.42 Å². The number of ether oxygens (including phenoxy) is 1. The van der Waals surface area contributed by atoms with Crippen molar-refractivity contribution in [3.63, 3.8) is 0 Å². The highest BCUT2D eigenvalue weighted by Gasteiger charge is 2.25. The first-order valence-electron chi connectivity index (χ1n) is 6.19. The average molecular weight is 229 g/mol. The Hall–Kier alpha value is -0.610. The molecule has 0 aromatic carbocycles. The molecule has 2 atom stereocenters. The van der Waals surface area contributed by atoms with Crippen LogP contribution in [0, 0.1) is 0 Å². The summed E-state index contributed by atoms with van der Waals surface area (Å²) in [5, 5.41) is 9.12. The zero-order valence-corrected chi connectivity index (χ0v) is 10.3. The number of rotatable bonds is 6. The summed E-state index contributed by atoms with van der Waals surface area (Å²) >= 11 is 0. The molecule has 1 aliphatic rings. The first kappa shape index (κ1) is 13.5. The molecular formula is C12H23NO3. The molecule has 1 rings (SSSR count). The molecule has 1 saturated heterocycles. The Morgan fingerprint density at radius 2 is 2.31 bits per heavy atom. The number of likely N-dealkylation sites (N-methyl/N-ethyl adjacent to an activating group) is 1. The molecule has 4 nitrogen and oxygen atoms in total. The van der Waals surface area contributed by atoms with Crippen molar-refractivity contribution in [1.82, 2.24) is 4.90 Å². The molecule has 0 radical (unpaired) electrons. The summed E-state index contributed by atoms with van der Waals surface area (Å²) < 4.78 is 5.62. The number of carbonyl (C=O) groups is 1. The molecule has 0 aromatic heterocycles. The van der Waals surface area contributed by atoms with E-state index in [1.807, 2.05) is 18.9 Å². The summed E-state index contributed by atoms with van der Waals surface area (Å²) in [5.74, 6) is -0.722. The van der Waals surface area contributed by atoms with Gasteiger partial charge in [-0.1, -0.05) is 13.3 Å². The highest BCUT2D eigenvalue weighted by atomic mass is 16.5. The summed E-state index contributed by atoms with van der Waals surface area (Å²) in [4.78, 5) is 13.0. The molecule has 1 fully saturated rings. The van der Waals surface area contributed by atoms with E-state index in [2.05, 4.69) is 0 Å². The minimum Gasteiger partial charge on any atom is -0.480 e. The first-order chi connectivity index (χ1) is 7.65. The van der Waals surface area contributed by atoms with Crippen molar-refractivity contribution in [2.75, 3.05) is 20.2 Å². The topological polar surface area (TPSA) is 49.8 Å². The maximum absolute atomic E-state index is 11.1. The lowest BCUT2D eigenvalue weighted by Gasteiger charge is -2.30. The number of aliphatic carboxylic acids is 1. The zero-order valence-electron chi connectivity index (χ0n) is 10.3. The molecule has 1 aliphatic heterocycles. The third-order valence-corrected chi connectivity index (χ3v) is 3.14. The summed E-state index contributed by atoms with van der Waals surface area (Å²) in [6.45, 7) is 3.57. The Kier molecular flexibility index (Phi) is 5.77. The van der Waals surface area contributed by atoms with Gasteiger partial charge in [-0.3, -0.25) is 9.69 Å². The number of hydrogen-bond acceptors (Lipinski definition) is 3. The van der Waals surface area contributed by atoms with Crippen molar-refractivity contribution < 1.29 is 14.6 Å². The molecular weight excluding hydrogens is 206 g/mol. The summed E-state index contributed by atoms with van der Waals surface area (Å²) in [5.41, 5.74) is 0. The quantitative estimate of drug-likeness (QED) is 0.753. The summed E-state index contributed by atoms with van der Waals surface area (Å²) in [6, 6.07) is -0.365. The molecule has 0 aliphatic carbocycles. The largest absolute Gasteiger partial charge is 0.480 e. The van der Waals surface area contributed by atoms with E-state index < -0.39 is 5.97 Å². The fourth-order valence-corrected chi connectivity index (χ4v) is 2.21. The van der Waals surface area contributed by atoms with E-state index in [9.17, 15) is 4.79 Å². The lowest BCUT2D eigenvalue weighted by atomic mass is 10.1. The Balaban J connectivity index is 2.40. The molecule has 94 valence electrons. The van der Waals surface area contributed by atoms with Crippen LogP contribution in [0.25, 0.3) is 0 Å². The minimum absolute atomic E-state index is 0.220. The van der Waals surface area contributed by atoms with Crippen LogP contribution in [0.1, 0.15) is 39.0 Å². The second-order valence-corrected chi connectivity index (χ2v) is 4.57. The second kappa shape index (κ2) is 6.86. The van der Waals surface area contributed by atoms with Gasteiger partial charge in [-0.15, -0.1) is 0 Å². The van der Waals surface area contributed by atoms with Gasteiger partial charge in [0.1, 0.15) is 6.04 Å². The van der Waals surface area contributed by atoms with Gasteiger partial charge in [-0.25, -0.2) is 0 Å². The van der Waals surface area contributed by atoms with Gasteiger partial charge in [0.15, 0.2) is 0 Å². The van der Waals surface area contributed by atoms with Crippen molar-refractivity contribution >= 4 is 5.97 Å². The third-order valence-electron chi connectivity index (χ3n) is 3.14. The molecule has 1 N–H and O–H groups in total. The smallest absolute Gasteiger partial charge is 0.320 e. The van der Waals surface area contributed by atoms with Crippen LogP contribution in [0.2, 0.25) is 0 Å². The molecule has 2 unspecified atom stereocenters. The Labute approximate surface area is 97.6 Å². The normalized spacial score (nSPS) is 23.3. The van der Waals surface area contributed by atoms with E-state index in [0.717, 1.165) is 32.4 Å². The standard InChI is InChI=1S/C12H23NO3/c1-3-6-11(12(14)15)13(2)9-10-7-4-5-8-16-10/h10-11H,3-9H2,1-2H3,(H,14,15). The van der Waals surface area contributed by atoms with Crippen LogP contribution in [-0.2, 0) is 9.53 Å². The van der Waals surface area contributed by atoms with Crippen LogP contribution in [0.4, 0.5) is 0 Å². The van der Waals surface area contributed by atoms with Crippen LogP contribution in [0.15, 0.2) is 0 Å². The minimum atomic E-state index is -0.722. The maximum atomic E-state index is 11.1. The maximum Gasteiger partial charge on any atom is 0.320 e. The van der Waals surface area contributed by atoms with Gasteiger partial charge >= 0.3 is 5.97 Å². The van der Waals surface area contributed by atoms with E-state index in [1.54, 1.807) is 0 Å². The van der Waals surface area contributed by atoms with Gasteiger partial charge in [0.05, 0.1) is 6.10 Å². The van der Waals surface area contributed by atoms with Gasteiger partial charge in [0.2, 0.25) is 0 Å². The Morgan fingerprint density at radius 1 is 1.56 bits per heavy atom. The van der Waals surface area contributed by atoms with Crippen molar-refractivity contribution in [2.45, 2.75) is 51.2 Å². The highest BCUT2D eigenvalue weighted by Crippen LogP contribution is 2.15. The van der Waals surface area contributed by atoms with Gasteiger partial charge in [0, 0.05) is 13.2 Å². The van der Waals surface area contributed by atoms with Gasteiger partial charge in [-0.2, -0.15) is 0 Å². The van der Waals surface area contributed by atoms with Gasteiger partial charge in [-0.05, 0) is 32.7 Å². The Bertz CT molecular complexity index is 214. The number of carboxylic acid groups (broad SMARTS) is 1. The third kappa shape index (κ3) is 4.10. The average Bonchev–Trinajstić information content (AvgIpc) is 2.26. The fourth-order valence-electron chi connectivity index (χ4n) is 2.21. The predicted molar refractivity (Wildman–Crippen MR) is 62.6 cm³/mol. The van der Waals surface area contributed by atoms with Crippen molar-refractivity contribution in [1.29, 1.82) is 0 Å². The lowest BCUT2D eigenvalue weighted by Crippen LogP contribution is -2.43. The van der Waals surface area contributed by atoms with Crippen LogP contribution < -0.4 is 0 Å². The summed E-state index contributed by atoms with van der Waals surface area (Å²) in [7, 11) is 1.88. The molecule has 0 amide bonds. The molecule has 0 saturated carbocycles. The predicted octanol–water partition coefficient (Wildman–Crippen LogP) is 1.74. The highest BCUT2D eigenvalue weighted by molar-refractivity contribution is 5.73. The SMILES string of the molecule is CCCC(C(=O)O)N(C)CC1CCCCO1. The molecule has 0 aromatic rings. The lowest BCUT2D eigenvalue weighted by molar-refractivity contribution is -0.143. The van der Waals surface area contributed by atoms with Crippen molar-refractivity contribution in [2.24, 2.45) is 0 Å². The van der Waals surface area contributed by atoms with E-state index >= 15 is 0 Å². The van der Waals surface area contributed by atoms with Crippen molar-refractivity contribution in [3.05, 3.63) is 0 Å². The first-order valence-corrected chi connectivity index (χ1v) is 6.19. The molecule has 16 heavy (non-hydrogen) atoms. The zero-order chi connectivity index (χ0) is 12.0.